The van der Waals surface area contributed by atoms with Crippen LogP contribution in [0.1, 0.15) is 6.42 Å². The first-order valence-electron chi connectivity index (χ1n) is 2.17. The van der Waals surface area contributed by atoms with Gasteiger partial charge in [0.15, 0.2) is 0 Å². The van der Waals surface area contributed by atoms with Crippen molar-refractivity contribution in [1.82, 2.24) is 5.32 Å². The van der Waals surface area contributed by atoms with E-state index in [1.54, 1.807) is 0 Å². The highest BCUT2D eigenvalue weighted by atomic mass is 16.4. The molecule has 0 bridgehead atoms. The molecule has 0 saturated carbocycles. The van der Waals surface area contributed by atoms with Crippen LogP contribution in [-0.2, 0) is 0 Å². The van der Waals surface area contributed by atoms with Crippen molar-refractivity contribution in [3.63, 3.8) is 0 Å². The van der Waals surface area contributed by atoms with Crippen molar-refractivity contribution in [2.75, 3.05) is 6.54 Å². The van der Waals surface area contributed by atoms with E-state index in [0.29, 0.717) is 13.0 Å². The molecule has 8 heavy (non-hydrogen) atoms. The van der Waals surface area contributed by atoms with Crippen LogP contribution in [0, 0.1) is 12.3 Å². The predicted molar refractivity (Wildman–Crippen MR) is 29.5 cm³/mol. The smallest absolute Gasteiger partial charge is 0.404 e. The SMILES string of the molecule is C#CCCNC(=O)O. The van der Waals surface area contributed by atoms with Gasteiger partial charge in [-0.05, 0) is 0 Å². The monoisotopic (exact) mass is 113 g/mol. The number of amides is 1. The fraction of sp³-hybridized carbons (Fsp3) is 0.400. The Kier molecular flexibility index (Phi) is 3.42. The standard InChI is InChI=1S/C5H7NO2/c1-2-3-4-6-5(7)8/h1,6H,3-4H2,(H,7,8). The lowest BCUT2D eigenvalue weighted by atomic mass is 10.4. The van der Waals surface area contributed by atoms with E-state index in [2.05, 4.69) is 11.2 Å². The molecule has 0 fully saturated rings. The first kappa shape index (κ1) is 6.83. The highest BCUT2D eigenvalue weighted by Crippen LogP contribution is 1.68. The maximum absolute atomic E-state index is 9.69. The predicted octanol–water partition coefficient (Wildman–Crippen LogP) is 0.277. The van der Waals surface area contributed by atoms with Gasteiger partial charge in [0.1, 0.15) is 0 Å². The maximum Gasteiger partial charge on any atom is 0.404 e. The summed E-state index contributed by atoms with van der Waals surface area (Å²) in [7, 11) is 0. The number of hydrogen-bond acceptors (Lipinski definition) is 1. The highest BCUT2D eigenvalue weighted by Gasteiger charge is 1.87. The normalized spacial score (nSPS) is 7.38. The molecule has 0 unspecified atom stereocenters. The van der Waals surface area contributed by atoms with E-state index in [-0.39, 0.29) is 0 Å². The van der Waals surface area contributed by atoms with Crippen molar-refractivity contribution < 1.29 is 9.90 Å². The molecule has 2 N–H and O–H groups in total. The van der Waals surface area contributed by atoms with Crippen molar-refractivity contribution in [2.24, 2.45) is 0 Å². The fourth-order valence-electron chi connectivity index (χ4n) is 0.242. The molecule has 0 aliphatic carbocycles. The van der Waals surface area contributed by atoms with Crippen LogP contribution < -0.4 is 5.32 Å². The van der Waals surface area contributed by atoms with Crippen molar-refractivity contribution in [3.05, 3.63) is 0 Å². The highest BCUT2D eigenvalue weighted by molar-refractivity contribution is 5.64. The van der Waals surface area contributed by atoms with Crippen LogP contribution in [0.2, 0.25) is 0 Å². The third-order valence-corrected chi connectivity index (χ3v) is 0.546. The Morgan fingerprint density at radius 2 is 2.50 bits per heavy atom. The molecular weight excluding hydrogens is 106 g/mol. The molecule has 0 aromatic carbocycles. The number of terminal acetylenes is 1. The third-order valence-electron chi connectivity index (χ3n) is 0.546. The summed E-state index contributed by atoms with van der Waals surface area (Å²) < 4.78 is 0. The van der Waals surface area contributed by atoms with E-state index in [4.69, 9.17) is 11.5 Å². The average molecular weight is 113 g/mol. The zero-order valence-electron chi connectivity index (χ0n) is 4.35. The number of hydrogen-bond donors (Lipinski definition) is 2. The van der Waals surface area contributed by atoms with Gasteiger partial charge in [-0.15, -0.1) is 12.3 Å². The maximum atomic E-state index is 9.69. The molecule has 3 nitrogen and oxygen atoms in total. The molecular formula is C5H7NO2. The lowest BCUT2D eigenvalue weighted by molar-refractivity contribution is 0.195. The number of carbonyl (C=O) groups is 1. The van der Waals surface area contributed by atoms with Gasteiger partial charge in [0, 0.05) is 13.0 Å². The minimum atomic E-state index is -1.03. The topological polar surface area (TPSA) is 49.3 Å². The molecule has 3 heteroatoms. The summed E-state index contributed by atoms with van der Waals surface area (Å²) in [6.45, 7) is 0.339. The summed E-state index contributed by atoms with van der Waals surface area (Å²) in [5, 5.41) is 10.1. The van der Waals surface area contributed by atoms with Crippen LogP contribution in [0.5, 0.6) is 0 Å². The van der Waals surface area contributed by atoms with Gasteiger partial charge in [0.05, 0.1) is 0 Å². The summed E-state index contributed by atoms with van der Waals surface area (Å²) in [4.78, 5) is 9.69. The molecule has 0 spiro atoms. The van der Waals surface area contributed by atoms with Crippen molar-refractivity contribution in [2.45, 2.75) is 6.42 Å². The van der Waals surface area contributed by atoms with Crippen LogP contribution >= 0.6 is 0 Å². The Hall–Kier alpha value is -1.17. The minimum absolute atomic E-state index is 0.339. The molecule has 0 atom stereocenters. The van der Waals surface area contributed by atoms with Gasteiger partial charge in [0.25, 0.3) is 0 Å². The van der Waals surface area contributed by atoms with Gasteiger partial charge in [-0.3, -0.25) is 0 Å². The van der Waals surface area contributed by atoms with E-state index in [9.17, 15) is 4.79 Å². The molecule has 0 aliphatic rings. The summed E-state index contributed by atoms with van der Waals surface area (Å²) in [6.07, 6.45) is 4.25. The van der Waals surface area contributed by atoms with E-state index < -0.39 is 6.09 Å². The van der Waals surface area contributed by atoms with E-state index in [0.717, 1.165) is 0 Å². The second-order valence-corrected chi connectivity index (χ2v) is 1.19. The Morgan fingerprint density at radius 1 is 1.88 bits per heavy atom. The molecule has 0 aromatic rings. The lowest BCUT2D eigenvalue weighted by Gasteiger charge is -1.91. The Labute approximate surface area is 47.7 Å². The number of rotatable bonds is 2. The van der Waals surface area contributed by atoms with Gasteiger partial charge in [-0.25, -0.2) is 4.79 Å². The number of carboxylic acid groups (broad SMARTS) is 1. The van der Waals surface area contributed by atoms with Crippen molar-refractivity contribution >= 4 is 6.09 Å². The molecule has 0 heterocycles. The average Bonchev–Trinajstić information content (AvgIpc) is 1.66. The first-order valence-corrected chi connectivity index (χ1v) is 2.17. The van der Waals surface area contributed by atoms with Crippen LogP contribution in [0.3, 0.4) is 0 Å². The molecule has 0 radical (unpaired) electrons. The van der Waals surface area contributed by atoms with Gasteiger partial charge < -0.3 is 10.4 Å². The molecule has 0 aromatic heterocycles. The number of nitrogens with one attached hydrogen (secondary N) is 1. The second kappa shape index (κ2) is 4.00. The Balaban J connectivity index is 2.97. The van der Waals surface area contributed by atoms with Gasteiger partial charge >= 0.3 is 6.09 Å². The second-order valence-electron chi connectivity index (χ2n) is 1.19. The van der Waals surface area contributed by atoms with Crippen LogP contribution in [0.4, 0.5) is 4.79 Å². The Bertz CT molecular complexity index is 114. The summed E-state index contributed by atoms with van der Waals surface area (Å²) in [6, 6.07) is 0. The molecule has 0 saturated heterocycles. The van der Waals surface area contributed by atoms with Crippen LogP contribution in [0.15, 0.2) is 0 Å². The van der Waals surface area contributed by atoms with E-state index in [1.807, 2.05) is 0 Å². The van der Waals surface area contributed by atoms with Gasteiger partial charge in [0.2, 0.25) is 0 Å². The third kappa shape index (κ3) is 4.83. The van der Waals surface area contributed by atoms with Crippen molar-refractivity contribution in [1.29, 1.82) is 0 Å². The molecule has 1 amide bonds. The van der Waals surface area contributed by atoms with Crippen LogP contribution in [0.25, 0.3) is 0 Å². The van der Waals surface area contributed by atoms with E-state index >= 15 is 0 Å². The van der Waals surface area contributed by atoms with E-state index in [1.165, 1.54) is 0 Å². The molecule has 0 aliphatic heterocycles. The molecule has 0 rings (SSSR count). The zero-order valence-corrected chi connectivity index (χ0v) is 4.35. The summed E-state index contributed by atoms with van der Waals surface area (Å²) in [5.41, 5.74) is 0. The summed E-state index contributed by atoms with van der Waals surface area (Å²) >= 11 is 0. The van der Waals surface area contributed by atoms with Gasteiger partial charge in [-0.1, -0.05) is 0 Å². The lowest BCUT2D eigenvalue weighted by Crippen LogP contribution is -2.21. The van der Waals surface area contributed by atoms with Crippen LogP contribution in [-0.4, -0.2) is 17.7 Å². The fourth-order valence-corrected chi connectivity index (χ4v) is 0.242. The minimum Gasteiger partial charge on any atom is -0.465 e. The van der Waals surface area contributed by atoms with Crippen molar-refractivity contribution in [3.8, 4) is 12.3 Å². The van der Waals surface area contributed by atoms with Gasteiger partial charge in [-0.2, -0.15) is 0 Å². The first-order chi connectivity index (χ1) is 3.77. The largest absolute Gasteiger partial charge is 0.465 e. The summed E-state index contributed by atoms with van der Waals surface area (Å²) in [5.74, 6) is 2.30. The zero-order chi connectivity index (χ0) is 6.41. The molecule has 44 valence electrons. The Morgan fingerprint density at radius 3 is 2.88 bits per heavy atom. The quantitative estimate of drug-likeness (QED) is 0.399.